The van der Waals surface area contributed by atoms with Gasteiger partial charge in [-0.2, -0.15) is 14.9 Å². The van der Waals surface area contributed by atoms with E-state index in [1.807, 2.05) is 50.2 Å². The summed E-state index contributed by atoms with van der Waals surface area (Å²) in [7, 11) is 0. The Morgan fingerprint density at radius 3 is 2.80 bits per heavy atom. The third-order valence-electron chi connectivity index (χ3n) is 4.10. The molecule has 0 aliphatic carbocycles. The number of nitrogens with one attached hydrogen (secondary N) is 1. The van der Waals surface area contributed by atoms with E-state index in [9.17, 15) is 4.79 Å². The van der Waals surface area contributed by atoms with E-state index in [1.54, 1.807) is 10.7 Å². The molecule has 1 N–H and O–H groups in total. The fourth-order valence-corrected chi connectivity index (χ4v) is 2.86. The normalized spacial score (nSPS) is 15.5. The number of ether oxygens (including phenoxy) is 1. The molecule has 1 atom stereocenters. The number of anilines is 1. The topological polar surface area (TPSA) is 81.9 Å². The summed E-state index contributed by atoms with van der Waals surface area (Å²) in [6, 6.07) is 13.1. The van der Waals surface area contributed by atoms with E-state index >= 15 is 0 Å². The maximum atomic E-state index is 12.8. The summed E-state index contributed by atoms with van der Waals surface area (Å²) in [5, 5.41) is 15.5. The number of hydrogen-bond donors (Lipinski definition) is 1. The zero-order valence-corrected chi connectivity index (χ0v) is 13.9. The average Bonchev–Trinajstić information content (AvgIpc) is 3.19. The Morgan fingerprint density at radius 2 is 2.00 bits per heavy atom. The number of para-hydroxylation sites is 1. The molecule has 1 aliphatic heterocycles. The average molecular weight is 335 g/mol. The zero-order chi connectivity index (χ0) is 17.4. The summed E-state index contributed by atoms with van der Waals surface area (Å²) in [6.07, 6.45) is 0. The number of carbonyl (C=O) groups excluding carboxylic acids is 1. The molecule has 4 rings (SSSR count). The first-order chi connectivity index (χ1) is 12.1. The highest BCUT2D eigenvalue weighted by molar-refractivity contribution is 5.96. The lowest BCUT2D eigenvalue weighted by Crippen LogP contribution is -2.23. The van der Waals surface area contributed by atoms with Gasteiger partial charge in [0.05, 0.1) is 11.4 Å². The van der Waals surface area contributed by atoms with E-state index in [4.69, 9.17) is 4.74 Å². The molecule has 1 amide bonds. The molecule has 0 radical (unpaired) electrons. The number of nitrogens with zero attached hydrogens (tertiary/aromatic N) is 4. The van der Waals surface area contributed by atoms with Crippen LogP contribution < -0.4 is 10.1 Å². The monoisotopic (exact) mass is 335 g/mol. The summed E-state index contributed by atoms with van der Waals surface area (Å²) in [6.45, 7) is 4.07. The van der Waals surface area contributed by atoms with Gasteiger partial charge in [0.15, 0.2) is 5.82 Å². The molecule has 7 heteroatoms. The smallest absolute Gasteiger partial charge is 0.236 e. The molecule has 0 fully saturated rings. The fraction of sp³-hybridized carbons (Fsp3) is 0.222. The largest absolute Gasteiger partial charge is 0.492 e. The van der Waals surface area contributed by atoms with Crippen molar-refractivity contribution < 1.29 is 9.53 Å². The number of benzene rings is 1. The van der Waals surface area contributed by atoms with Gasteiger partial charge in [0.1, 0.15) is 24.1 Å². The SMILES string of the molecule is Cc1ccc(-n2nc(C)cc2NC(=O)C2COc3ccccc32)nn1. The van der Waals surface area contributed by atoms with Gasteiger partial charge in [-0.05, 0) is 32.0 Å². The van der Waals surface area contributed by atoms with E-state index in [1.165, 1.54) is 0 Å². The van der Waals surface area contributed by atoms with Crippen LogP contribution in [0.5, 0.6) is 5.75 Å². The van der Waals surface area contributed by atoms with Crippen molar-refractivity contribution in [3.8, 4) is 11.6 Å². The summed E-state index contributed by atoms with van der Waals surface area (Å²) >= 11 is 0. The minimum Gasteiger partial charge on any atom is -0.492 e. The molecule has 2 aromatic heterocycles. The fourth-order valence-electron chi connectivity index (χ4n) is 2.86. The maximum Gasteiger partial charge on any atom is 0.236 e. The van der Waals surface area contributed by atoms with Gasteiger partial charge in [-0.3, -0.25) is 4.79 Å². The highest BCUT2D eigenvalue weighted by Crippen LogP contribution is 2.34. The Balaban J connectivity index is 1.61. The summed E-state index contributed by atoms with van der Waals surface area (Å²) < 4.78 is 7.18. The minimum atomic E-state index is -0.344. The first kappa shape index (κ1) is 15.3. The van der Waals surface area contributed by atoms with Crippen molar-refractivity contribution in [2.45, 2.75) is 19.8 Å². The van der Waals surface area contributed by atoms with E-state index < -0.39 is 0 Å². The van der Waals surface area contributed by atoms with Crippen LogP contribution in [0.15, 0.2) is 42.5 Å². The number of fused-ring (bicyclic) bond motifs is 1. The van der Waals surface area contributed by atoms with Crippen LogP contribution in [-0.4, -0.2) is 32.5 Å². The van der Waals surface area contributed by atoms with Gasteiger partial charge in [0.25, 0.3) is 0 Å². The molecule has 25 heavy (non-hydrogen) atoms. The van der Waals surface area contributed by atoms with Crippen LogP contribution in [0, 0.1) is 13.8 Å². The van der Waals surface area contributed by atoms with Crippen LogP contribution in [0.25, 0.3) is 5.82 Å². The van der Waals surface area contributed by atoms with Crippen molar-refractivity contribution in [1.82, 2.24) is 20.0 Å². The van der Waals surface area contributed by atoms with Crippen molar-refractivity contribution in [2.24, 2.45) is 0 Å². The number of aryl methyl sites for hydroxylation is 2. The highest BCUT2D eigenvalue weighted by Gasteiger charge is 2.30. The number of aromatic nitrogens is 4. The van der Waals surface area contributed by atoms with Gasteiger partial charge in [0, 0.05) is 11.6 Å². The predicted molar refractivity (Wildman–Crippen MR) is 91.9 cm³/mol. The van der Waals surface area contributed by atoms with Gasteiger partial charge in [-0.25, -0.2) is 0 Å². The lowest BCUT2D eigenvalue weighted by Gasteiger charge is -2.11. The standard InChI is InChI=1S/C18H17N5O2/c1-11-7-8-16(21-20-11)23-17(9-12(2)22-23)19-18(24)14-10-25-15-6-4-3-5-13(14)15/h3-9,14H,10H2,1-2H3,(H,19,24). The van der Waals surface area contributed by atoms with Gasteiger partial charge < -0.3 is 10.1 Å². The second-order valence-corrected chi connectivity index (χ2v) is 6.01. The predicted octanol–water partition coefficient (Wildman–Crippen LogP) is 2.39. The van der Waals surface area contributed by atoms with E-state index in [0.29, 0.717) is 18.2 Å². The summed E-state index contributed by atoms with van der Waals surface area (Å²) in [5.74, 6) is 1.40. The van der Waals surface area contributed by atoms with Crippen molar-refractivity contribution in [3.05, 3.63) is 59.4 Å². The molecule has 0 bridgehead atoms. The number of rotatable bonds is 3. The van der Waals surface area contributed by atoms with Crippen molar-refractivity contribution in [1.29, 1.82) is 0 Å². The van der Waals surface area contributed by atoms with Crippen molar-refractivity contribution in [3.63, 3.8) is 0 Å². The molecule has 3 heterocycles. The maximum absolute atomic E-state index is 12.8. The number of hydrogen-bond acceptors (Lipinski definition) is 5. The molecule has 1 unspecified atom stereocenters. The lowest BCUT2D eigenvalue weighted by molar-refractivity contribution is -0.117. The quantitative estimate of drug-likeness (QED) is 0.795. The second-order valence-electron chi connectivity index (χ2n) is 6.01. The highest BCUT2D eigenvalue weighted by atomic mass is 16.5. The lowest BCUT2D eigenvalue weighted by atomic mass is 10.0. The van der Waals surface area contributed by atoms with Crippen molar-refractivity contribution in [2.75, 3.05) is 11.9 Å². The molecular weight excluding hydrogens is 318 g/mol. The van der Waals surface area contributed by atoms with Crippen LogP contribution >= 0.6 is 0 Å². The first-order valence-corrected chi connectivity index (χ1v) is 8.02. The third-order valence-corrected chi connectivity index (χ3v) is 4.10. The van der Waals surface area contributed by atoms with E-state index in [2.05, 4.69) is 20.6 Å². The van der Waals surface area contributed by atoms with Crippen LogP contribution in [-0.2, 0) is 4.79 Å². The van der Waals surface area contributed by atoms with E-state index in [-0.39, 0.29) is 11.8 Å². The molecular formula is C18H17N5O2. The van der Waals surface area contributed by atoms with Gasteiger partial charge in [-0.15, -0.1) is 5.10 Å². The van der Waals surface area contributed by atoms with Gasteiger partial charge in [-0.1, -0.05) is 18.2 Å². The summed E-state index contributed by atoms with van der Waals surface area (Å²) in [4.78, 5) is 12.8. The van der Waals surface area contributed by atoms with Crippen molar-refractivity contribution >= 4 is 11.7 Å². The van der Waals surface area contributed by atoms with Crippen LogP contribution in [0.1, 0.15) is 22.9 Å². The zero-order valence-electron chi connectivity index (χ0n) is 13.9. The molecule has 1 aromatic carbocycles. The van der Waals surface area contributed by atoms with Crippen LogP contribution in [0.3, 0.4) is 0 Å². The molecule has 0 saturated carbocycles. The second kappa shape index (κ2) is 6.01. The van der Waals surface area contributed by atoms with Crippen LogP contribution in [0.4, 0.5) is 5.82 Å². The first-order valence-electron chi connectivity index (χ1n) is 8.02. The molecule has 3 aromatic rings. The Hall–Kier alpha value is -3.22. The number of amides is 1. The minimum absolute atomic E-state index is 0.133. The Kier molecular flexibility index (Phi) is 3.68. The Labute approximate surface area is 144 Å². The molecule has 0 saturated heterocycles. The Bertz CT molecular complexity index is 933. The Morgan fingerprint density at radius 1 is 1.16 bits per heavy atom. The number of carbonyl (C=O) groups is 1. The van der Waals surface area contributed by atoms with Crippen LogP contribution in [0.2, 0.25) is 0 Å². The molecule has 0 spiro atoms. The van der Waals surface area contributed by atoms with E-state index in [0.717, 1.165) is 22.7 Å². The molecule has 126 valence electrons. The summed E-state index contributed by atoms with van der Waals surface area (Å²) in [5.41, 5.74) is 2.50. The molecule has 7 nitrogen and oxygen atoms in total. The van der Waals surface area contributed by atoms with Gasteiger partial charge in [0.2, 0.25) is 5.91 Å². The van der Waals surface area contributed by atoms with Gasteiger partial charge >= 0.3 is 0 Å². The molecule has 1 aliphatic rings. The third kappa shape index (κ3) is 2.84.